The van der Waals surface area contributed by atoms with E-state index in [-0.39, 0.29) is 18.2 Å². The number of hydrogen-bond acceptors (Lipinski definition) is 4. The topological polar surface area (TPSA) is 91.8 Å². The first-order valence-corrected chi connectivity index (χ1v) is 8.56. The maximum absolute atomic E-state index is 12.2. The molecular formula is C14H19NO5S. The first-order chi connectivity index (χ1) is 9.73. The number of sulfone groups is 1. The Kier molecular flexibility index (Phi) is 5.90. The zero-order chi connectivity index (χ0) is 16.0. The van der Waals surface area contributed by atoms with Gasteiger partial charge in [0.2, 0.25) is 0 Å². The average molecular weight is 313 g/mol. The fraction of sp³-hybridized carbons (Fsp3) is 0.429. The third-order valence-electron chi connectivity index (χ3n) is 2.74. The summed E-state index contributed by atoms with van der Waals surface area (Å²) < 4.78 is 22.4. The number of rotatable bonds is 7. The highest BCUT2D eigenvalue weighted by molar-refractivity contribution is 7.89. The van der Waals surface area contributed by atoms with E-state index in [1.54, 1.807) is 12.1 Å². The van der Waals surface area contributed by atoms with Gasteiger partial charge in [0.25, 0.3) is 5.91 Å². The number of nitrogens with zero attached hydrogens (tertiary/aromatic N) is 1. The highest BCUT2D eigenvalue weighted by Gasteiger charge is 2.17. The van der Waals surface area contributed by atoms with E-state index in [0.717, 1.165) is 6.26 Å². The lowest BCUT2D eigenvalue weighted by Crippen LogP contribution is -2.36. The number of carboxylic acid groups (broad SMARTS) is 1. The third-order valence-corrected chi connectivity index (χ3v) is 3.59. The van der Waals surface area contributed by atoms with E-state index >= 15 is 0 Å². The van der Waals surface area contributed by atoms with Crippen LogP contribution in [0.5, 0.6) is 0 Å². The molecular weight excluding hydrogens is 294 g/mol. The van der Waals surface area contributed by atoms with Crippen LogP contribution in [0.25, 0.3) is 0 Å². The van der Waals surface area contributed by atoms with Crippen molar-refractivity contribution >= 4 is 21.7 Å². The van der Waals surface area contributed by atoms with Gasteiger partial charge in [0.05, 0.1) is 5.75 Å². The maximum Gasteiger partial charge on any atom is 0.323 e. The molecule has 1 N–H and O–H groups in total. The van der Waals surface area contributed by atoms with Gasteiger partial charge in [0.15, 0.2) is 9.84 Å². The zero-order valence-corrected chi connectivity index (χ0v) is 12.9. The van der Waals surface area contributed by atoms with Crippen molar-refractivity contribution in [3.05, 3.63) is 35.4 Å². The Morgan fingerprint density at radius 2 is 1.76 bits per heavy atom. The molecule has 6 nitrogen and oxygen atoms in total. The summed E-state index contributed by atoms with van der Waals surface area (Å²) in [6.45, 7) is 1.87. The van der Waals surface area contributed by atoms with Crippen LogP contribution in [-0.4, -0.2) is 49.6 Å². The molecule has 21 heavy (non-hydrogen) atoms. The average Bonchev–Trinajstić information content (AvgIpc) is 2.36. The summed E-state index contributed by atoms with van der Waals surface area (Å²) in [6.07, 6.45) is 1.80. The minimum Gasteiger partial charge on any atom is -0.480 e. The summed E-state index contributed by atoms with van der Waals surface area (Å²) in [7, 11) is -3.12. The van der Waals surface area contributed by atoms with Crippen LogP contribution < -0.4 is 0 Å². The number of carboxylic acids is 1. The Bertz CT molecular complexity index is 607. The van der Waals surface area contributed by atoms with Gasteiger partial charge >= 0.3 is 5.97 Å². The summed E-state index contributed by atoms with van der Waals surface area (Å²) in [4.78, 5) is 24.2. The molecule has 0 aromatic heterocycles. The first-order valence-electron chi connectivity index (χ1n) is 6.50. The fourth-order valence-electron chi connectivity index (χ4n) is 1.91. The summed E-state index contributed by atoms with van der Waals surface area (Å²) in [5.74, 6) is -1.52. The van der Waals surface area contributed by atoms with Crippen molar-refractivity contribution in [1.29, 1.82) is 0 Å². The summed E-state index contributed by atoms with van der Waals surface area (Å²) in [6, 6.07) is 6.18. The van der Waals surface area contributed by atoms with Crippen molar-refractivity contribution in [2.24, 2.45) is 0 Å². The standard InChI is InChI=1S/C14H19NO5S/c1-3-8-15(9-13(16)17)14(18)12-6-4-11(5-7-12)10-21(2,19)20/h4-7H,3,8-10H2,1-2H3,(H,16,17). The molecule has 116 valence electrons. The molecule has 1 aromatic carbocycles. The van der Waals surface area contributed by atoms with Crippen LogP contribution in [0.3, 0.4) is 0 Å². The molecule has 1 amide bonds. The van der Waals surface area contributed by atoms with Crippen molar-refractivity contribution in [3.8, 4) is 0 Å². The molecule has 0 aliphatic carbocycles. The molecule has 0 unspecified atom stereocenters. The highest BCUT2D eigenvalue weighted by Crippen LogP contribution is 2.10. The fourth-order valence-corrected chi connectivity index (χ4v) is 2.71. The predicted octanol–water partition coefficient (Wildman–Crippen LogP) is 1.17. The van der Waals surface area contributed by atoms with Crippen molar-refractivity contribution in [2.45, 2.75) is 19.1 Å². The van der Waals surface area contributed by atoms with E-state index < -0.39 is 15.8 Å². The van der Waals surface area contributed by atoms with Crippen molar-refractivity contribution < 1.29 is 23.1 Å². The van der Waals surface area contributed by atoms with Gasteiger partial charge in [0.1, 0.15) is 6.54 Å². The van der Waals surface area contributed by atoms with E-state index in [4.69, 9.17) is 5.11 Å². The molecule has 0 bridgehead atoms. The Labute approximate surface area is 124 Å². The molecule has 0 spiro atoms. The second-order valence-electron chi connectivity index (χ2n) is 4.89. The normalized spacial score (nSPS) is 11.1. The Hall–Kier alpha value is -1.89. The van der Waals surface area contributed by atoms with Gasteiger partial charge in [-0.1, -0.05) is 19.1 Å². The molecule has 1 rings (SSSR count). The van der Waals surface area contributed by atoms with Crippen LogP contribution in [0.2, 0.25) is 0 Å². The minimum atomic E-state index is -3.12. The van der Waals surface area contributed by atoms with Gasteiger partial charge in [-0.2, -0.15) is 0 Å². The zero-order valence-electron chi connectivity index (χ0n) is 12.1. The van der Waals surface area contributed by atoms with E-state index in [0.29, 0.717) is 24.1 Å². The predicted molar refractivity (Wildman–Crippen MR) is 78.8 cm³/mol. The van der Waals surface area contributed by atoms with Crippen molar-refractivity contribution in [1.82, 2.24) is 4.90 Å². The lowest BCUT2D eigenvalue weighted by molar-refractivity contribution is -0.137. The lowest BCUT2D eigenvalue weighted by Gasteiger charge is -2.20. The van der Waals surface area contributed by atoms with Gasteiger partial charge in [-0.3, -0.25) is 9.59 Å². The summed E-state index contributed by atoms with van der Waals surface area (Å²) in [5, 5.41) is 8.82. The highest BCUT2D eigenvalue weighted by atomic mass is 32.2. The number of hydrogen-bond donors (Lipinski definition) is 1. The van der Waals surface area contributed by atoms with Gasteiger partial charge in [0, 0.05) is 18.4 Å². The lowest BCUT2D eigenvalue weighted by atomic mass is 10.1. The van der Waals surface area contributed by atoms with Crippen LogP contribution in [-0.2, 0) is 20.4 Å². The van der Waals surface area contributed by atoms with E-state index in [1.807, 2.05) is 6.92 Å². The van der Waals surface area contributed by atoms with Gasteiger partial charge < -0.3 is 10.0 Å². The second kappa shape index (κ2) is 7.21. The molecule has 0 radical (unpaired) electrons. The van der Waals surface area contributed by atoms with Crippen LogP contribution in [0, 0.1) is 0 Å². The van der Waals surface area contributed by atoms with Crippen molar-refractivity contribution in [3.63, 3.8) is 0 Å². The van der Waals surface area contributed by atoms with Crippen LogP contribution in [0.15, 0.2) is 24.3 Å². The summed E-state index contributed by atoms with van der Waals surface area (Å²) >= 11 is 0. The van der Waals surface area contributed by atoms with E-state index in [1.165, 1.54) is 17.0 Å². The molecule has 0 fully saturated rings. The van der Waals surface area contributed by atoms with Gasteiger partial charge in [-0.05, 0) is 24.1 Å². The van der Waals surface area contributed by atoms with Crippen LogP contribution >= 0.6 is 0 Å². The SMILES string of the molecule is CCCN(CC(=O)O)C(=O)c1ccc(CS(C)(=O)=O)cc1. The minimum absolute atomic E-state index is 0.0880. The van der Waals surface area contributed by atoms with Gasteiger partial charge in [-0.25, -0.2) is 8.42 Å². The molecule has 0 saturated carbocycles. The molecule has 7 heteroatoms. The smallest absolute Gasteiger partial charge is 0.323 e. The van der Waals surface area contributed by atoms with E-state index in [2.05, 4.69) is 0 Å². The second-order valence-corrected chi connectivity index (χ2v) is 7.03. The molecule has 0 atom stereocenters. The number of carbonyl (C=O) groups is 2. The Morgan fingerprint density at radius 1 is 1.19 bits per heavy atom. The quantitative estimate of drug-likeness (QED) is 0.816. The molecule has 0 aliphatic heterocycles. The Morgan fingerprint density at radius 3 is 2.19 bits per heavy atom. The molecule has 0 heterocycles. The number of aliphatic carboxylic acids is 1. The number of amides is 1. The molecule has 0 saturated heterocycles. The number of benzene rings is 1. The Balaban J connectivity index is 2.88. The van der Waals surface area contributed by atoms with E-state index in [9.17, 15) is 18.0 Å². The van der Waals surface area contributed by atoms with Crippen LogP contribution in [0.4, 0.5) is 0 Å². The molecule has 0 aliphatic rings. The summed E-state index contributed by atoms with van der Waals surface area (Å²) in [5.41, 5.74) is 0.941. The monoisotopic (exact) mass is 313 g/mol. The van der Waals surface area contributed by atoms with Crippen molar-refractivity contribution in [2.75, 3.05) is 19.3 Å². The largest absolute Gasteiger partial charge is 0.480 e. The third kappa shape index (κ3) is 5.95. The number of carbonyl (C=O) groups excluding carboxylic acids is 1. The maximum atomic E-state index is 12.2. The molecule has 1 aromatic rings. The van der Waals surface area contributed by atoms with Gasteiger partial charge in [-0.15, -0.1) is 0 Å². The first kappa shape index (κ1) is 17.2. The van der Waals surface area contributed by atoms with Crippen LogP contribution in [0.1, 0.15) is 29.3 Å².